The van der Waals surface area contributed by atoms with E-state index in [1.807, 2.05) is 12.1 Å². The van der Waals surface area contributed by atoms with Crippen LogP contribution in [-0.4, -0.2) is 21.4 Å². The number of hydrogen-bond donors (Lipinski definition) is 1. The molecule has 6 heteroatoms. The quantitative estimate of drug-likeness (QED) is 0.299. The first-order valence-corrected chi connectivity index (χ1v) is 14.1. The molecule has 2 aromatic carbocycles. The van der Waals surface area contributed by atoms with E-state index < -0.39 is 0 Å². The number of aromatic nitrogens is 3. The van der Waals surface area contributed by atoms with Crippen molar-refractivity contribution < 1.29 is 4.74 Å². The molecule has 1 aliphatic heterocycles. The Bertz CT molecular complexity index is 1270. The van der Waals surface area contributed by atoms with Gasteiger partial charge in [0, 0.05) is 22.9 Å². The Balaban J connectivity index is 1.31. The molecule has 0 bridgehead atoms. The maximum absolute atomic E-state index is 6.73. The molecule has 186 valence electrons. The summed E-state index contributed by atoms with van der Waals surface area (Å²) in [6.07, 6.45) is 7.10. The van der Waals surface area contributed by atoms with E-state index in [4.69, 9.17) is 9.72 Å². The van der Waals surface area contributed by atoms with Crippen LogP contribution in [0.3, 0.4) is 0 Å². The van der Waals surface area contributed by atoms with Gasteiger partial charge in [-0.25, -0.2) is 0 Å². The summed E-state index contributed by atoms with van der Waals surface area (Å²) in [4.78, 5) is 4.88. The number of nitrogens with one attached hydrogen (secondary N) is 1. The Labute approximate surface area is 218 Å². The maximum Gasteiger partial charge on any atom is 0.247 e. The van der Waals surface area contributed by atoms with Crippen LogP contribution in [0.4, 0.5) is 5.69 Å². The zero-order valence-corrected chi connectivity index (χ0v) is 22.1. The van der Waals surface area contributed by atoms with E-state index in [2.05, 4.69) is 84.8 Å². The van der Waals surface area contributed by atoms with Gasteiger partial charge in [-0.05, 0) is 54.6 Å². The highest BCUT2D eigenvalue weighted by Crippen LogP contribution is 2.52. The van der Waals surface area contributed by atoms with E-state index in [0.717, 1.165) is 29.8 Å². The smallest absolute Gasteiger partial charge is 0.247 e. The van der Waals surface area contributed by atoms with E-state index >= 15 is 0 Å². The topological polar surface area (TPSA) is 59.9 Å². The number of thioether (sulfide) groups is 1. The lowest BCUT2D eigenvalue weighted by atomic mass is 9.59. The third-order valence-corrected chi connectivity index (χ3v) is 9.24. The predicted molar refractivity (Wildman–Crippen MR) is 146 cm³/mol. The van der Waals surface area contributed by atoms with Crippen LogP contribution in [0.15, 0.2) is 71.4 Å². The minimum absolute atomic E-state index is 0.162. The third-order valence-electron chi connectivity index (χ3n) is 8.34. The largest absolute Gasteiger partial charge is 0.452 e. The molecular formula is C30H34N4OS. The number of nitrogens with zero attached hydrogens (tertiary/aromatic N) is 3. The molecule has 36 heavy (non-hydrogen) atoms. The summed E-state index contributed by atoms with van der Waals surface area (Å²) in [6, 6.07) is 18.7. The number of rotatable bonds is 4. The molecule has 5 nitrogen and oxygen atoms in total. The predicted octanol–water partition coefficient (Wildman–Crippen LogP) is 7.37. The molecule has 1 saturated carbocycles. The fraction of sp³-hybridized carbons (Fsp3) is 0.433. The van der Waals surface area contributed by atoms with Gasteiger partial charge in [-0.15, -0.1) is 10.2 Å². The van der Waals surface area contributed by atoms with Gasteiger partial charge in [0.2, 0.25) is 11.0 Å². The number of allylic oxidation sites excluding steroid dienone is 2. The third kappa shape index (κ3) is 4.52. The maximum atomic E-state index is 6.73. The highest BCUT2D eigenvalue weighted by atomic mass is 32.2. The number of fused-ring (bicyclic) bond motifs is 4. The van der Waals surface area contributed by atoms with Crippen molar-refractivity contribution in [1.29, 1.82) is 0 Å². The Morgan fingerprint density at radius 3 is 2.72 bits per heavy atom. The summed E-state index contributed by atoms with van der Waals surface area (Å²) < 4.78 is 6.73. The molecule has 0 radical (unpaired) electrons. The van der Waals surface area contributed by atoms with E-state index in [-0.39, 0.29) is 6.23 Å². The second-order valence-corrected chi connectivity index (χ2v) is 12.1. The average Bonchev–Trinajstić information content (AvgIpc) is 3.04. The number of anilines is 1. The summed E-state index contributed by atoms with van der Waals surface area (Å²) in [7, 11) is 0. The van der Waals surface area contributed by atoms with Crippen molar-refractivity contribution in [2.45, 2.75) is 63.6 Å². The van der Waals surface area contributed by atoms with E-state index in [0.29, 0.717) is 39.9 Å². The first kappa shape index (κ1) is 23.5. The lowest BCUT2D eigenvalue weighted by Gasteiger charge is -2.48. The van der Waals surface area contributed by atoms with Crippen molar-refractivity contribution in [1.82, 2.24) is 15.2 Å². The molecule has 2 aliphatic carbocycles. The zero-order valence-electron chi connectivity index (χ0n) is 21.3. The molecule has 0 amide bonds. The molecule has 3 aromatic rings. The lowest BCUT2D eigenvalue weighted by molar-refractivity contribution is 0.0519. The molecule has 0 saturated heterocycles. The fourth-order valence-electron chi connectivity index (χ4n) is 6.24. The van der Waals surface area contributed by atoms with Gasteiger partial charge in [0.1, 0.15) is 0 Å². The molecule has 1 aromatic heterocycles. The Hall–Kier alpha value is -2.86. The number of ether oxygens (including phenoxy) is 1. The zero-order chi connectivity index (χ0) is 24.7. The van der Waals surface area contributed by atoms with Crippen LogP contribution < -0.4 is 10.1 Å². The highest BCUT2D eigenvalue weighted by molar-refractivity contribution is 7.98. The van der Waals surface area contributed by atoms with Gasteiger partial charge < -0.3 is 10.1 Å². The van der Waals surface area contributed by atoms with Gasteiger partial charge in [0.05, 0.1) is 0 Å². The average molecular weight is 499 g/mol. The normalized spacial score (nSPS) is 26.2. The van der Waals surface area contributed by atoms with Crippen LogP contribution in [0.2, 0.25) is 0 Å². The second-order valence-electron chi connectivity index (χ2n) is 11.2. The minimum Gasteiger partial charge on any atom is -0.452 e. The Morgan fingerprint density at radius 1 is 1.06 bits per heavy atom. The van der Waals surface area contributed by atoms with Crippen LogP contribution in [0.5, 0.6) is 5.88 Å². The van der Waals surface area contributed by atoms with E-state index in [1.165, 1.54) is 18.4 Å². The molecule has 1 fully saturated rings. The number of benzene rings is 2. The Kier molecular flexibility index (Phi) is 6.24. The fourth-order valence-corrected chi connectivity index (χ4v) is 6.97. The Morgan fingerprint density at radius 2 is 1.86 bits per heavy atom. The lowest BCUT2D eigenvalue weighted by Crippen LogP contribution is -2.45. The van der Waals surface area contributed by atoms with Crippen molar-refractivity contribution >= 4 is 17.4 Å². The van der Waals surface area contributed by atoms with Crippen molar-refractivity contribution in [3.8, 4) is 17.1 Å². The summed E-state index contributed by atoms with van der Waals surface area (Å²) in [5, 5.41) is 13.5. The molecule has 4 unspecified atom stereocenters. The standard InChI is InChI=1S/C30H34N4OS/c1-19-16-21-12-9-15-30(2,3)24(21)17-23(19)27-31-25-14-8-7-13-22(25)26-28(35-27)32-29(34-33-26)36-18-20-10-5-4-6-11-20/h4-8,10-14,19,23-24,27,31H,9,15-18H2,1-3H3. The van der Waals surface area contributed by atoms with Gasteiger partial charge >= 0.3 is 0 Å². The van der Waals surface area contributed by atoms with Gasteiger partial charge in [0.15, 0.2) is 11.9 Å². The molecule has 1 N–H and O–H groups in total. The van der Waals surface area contributed by atoms with Gasteiger partial charge in [-0.2, -0.15) is 4.98 Å². The molecule has 3 aliphatic rings. The van der Waals surface area contributed by atoms with Crippen molar-refractivity contribution in [3.63, 3.8) is 0 Å². The summed E-state index contributed by atoms with van der Waals surface area (Å²) in [5.41, 5.74) is 5.98. The van der Waals surface area contributed by atoms with Crippen LogP contribution in [0.1, 0.15) is 52.0 Å². The van der Waals surface area contributed by atoms with Gasteiger partial charge in [0.25, 0.3) is 0 Å². The molecule has 2 heterocycles. The summed E-state index contributed by atoms with van der Waals surface area (Å²) >= 11 is 1.59. The van der Waals surface area contributed by atoms with Gasteiger partial charge in [-0.3, -0.25) is 0 Å². The van der Waals surface area contributed by atoms with E-state index in [1.54, 1.807) is 17.3 Å². The summed E-state index contributed by atoms with van der Waals surface area (Å²) in [5.74, 6) is 2.88. The second kappa shape index (κ2) is 9.55. The monoisotopic (exact) mass is 498 g/mol. The first-order valence-electron chi connectivity index (χ1n) is 13.1. The van der Waals surface area contributed by atoms with Gasteiger partial charge in [-0.1, -0.05) is 92.7 Å². The van der Waals surface area contributed by atoms with Crippen molar-refractivity contribution in [2.75, 3.05) is 5.32 Å². The van der Waals surface area contributed by atoms with Crippen LogP contribution >= 0.6 is 11.8 Å². The first-order chi connectivity index (χ1) is 17.5. The minimum atomic E-state index is -0.162. The highest BCUT2D eigenvalue weighted by Gasteiger charge is 2.44. The summed E-state index contributed by atoms with van der Waals surface area (Å²) in [6.45, 7) is 7.26. The number of hydrogen-bond acceptors (Lipinski definition) is 6. The van der Waals surface area contributed by atoms with Crippen molar-refractivity contribution in [3.05, 3.63) is 71.8 Å². The molecule has 0 spiro atoms. The van der Waals surface area contributed by atoms with Crippen LogP contribution in [-0.2, 0) is 5.75 Å². The van der Waals surface area contributed by atoms with E-state index in [9.17, 15) is 0 Å². The SMILES string of the molecule is CC1CC2=CCCC(C)(C)C2CC1C1Nc2ccccc2-c2nnc(SCc3ccccc3)nc2O1. The van der Waals surface area contributed by atoms with Crippen molar-refractivity contribution in [2.24, 2.45) is 23.2 Å². The number of para-hydroxylation sites is 1. The molecule has 6 rings (SSSR count). The molecular weight excluding hydrogens is 464 g/mol. The van der Waals surface area contributed by atoms with Crippen LogP contribution in [0, 0.1) is 23.2 Å². The van der Waals surface area contributed by atoms with Crippen LogP contribution in [0.25, 0.3) is 11.3 Å². The molecule has 4 atom stereocenters.